The van der Waals surface area contributed by atoms with Crippen LogP contribution in [0.25, 0.3) is 0 Å². The van der Waals surface area contributed by atoms with Crippen LogP contribution in [0, 0.1) is 0 Å². The average molecular weight is 224 g/mol. The molecule has 1 aromatic rings. The van der Waals surface area contributed by atoms with Gasteiger partial charge in [0.2, 0.25) is 0 Å². The molecule has 2 heterocycles. The quantitative estimate of drug-likeness (QED) is 0.810. The fourth-order valence-corrected chi connectivity index (χ4v) is 2.17. The van der Waals surface area contributed by atoms with Crippen molar-refractivity contribution >= 4 is 17.3 Å². The van der Waals surface area contributed by atoms with Crippen LogP contribution in [0.15, 0.2) is 16.6 Å². The number of nitrogens with zero attached hydrogens (tertiary/aromatic N) is 2. The lowest BCUT2D eigenvalue weighted by atomic mass is 10.2. The second kappa shape index (κ2) is 4.61. The Bertz CT molecular complexity index is 333. The van der Waals surface area contributed by atoms with E-state index in [2.05, 4.69) is 34.5 Å². The van der Waals surface area contributed by atoms with Crippen LogP contribution in [-0.2, 0) is 0 Å². The zero-order valence-electron chi connectivity index (χ0n) is 9.03. The van der Waals surface area contributed by atoms with Crippen LogP contribution >= 0.6 is 11.3 Å². The van der Waals surface area contributed by atoms with Crippen molar-refractivity contribution in [2.45, 2.75) is 25.8 Å². The summed E-state index contributed by atoms with van der Waals surface area (Å²) < 4.78 is 0. The first-order valence-electron chi connectivity index (χ1n) is 5.20. The Balaban J connectivity index is 1.79. The molecule has 2 rings (SSSR count). The molecule has 1 aliphatic rings. The Kier molecular flexibility index (Phi) is 3.20. The van der Waals surface area contributed by atoms with Crippen molar-refractivity contribution in [2.75, 3.05) is 13.1 Å². The smallest absolute Gasteiger partial charge is 0.191 e. The summed E-state index contributed by atoms with van der Waals surface area (Å²) in [6.45, 7) is 6.05. The van der Waals surface area contributed by atoms with E-state index in [4.69, 9.17) is 0 Å². The number of hydrogen-bond donors (Lipinski definition) is 2. The fourth-order valence-electron chi connectivity index (χ4n) is 1.47. The maximum Gasteiger partial charge on any atom is 0.191 e. The van der Waals surface area contributed by atoms with E-state index >= 15 is 0 Å². The van der Waals surface area contributed by atoms with E-state index in [1.54, 1.807) is 11.3 Å². The molecule has 5 heteroatoms. The molecule has 2 N–H and O–H groups in total. The molecule has 4 nitrogen and oxygen atoms in total. The van der Waals surface area contributed by atoms with Gasteiger partial charge in [-0.05, 0) is 6.92 Å². The molecule has 0 bridgehead atoms. The Morgan fingerprint density at radius 3 is 3.20 bits per heavy atom. The van der Waals surface area contributed by atoms with Gasteiger partial charge < -0.3 is 10.6 Å². The number of nitrogens with one attached hydrogen (secondary N) is 2. The summed E-state index contributed by atoms with van der Waals surface area (Å²) in [7, 11) is 0. The summed E-state index contributed by atoms with van der Waals surface area (Å²) in [6, 6.07) is 0.461. The van der Waals surface area contributed by atoms with Crippen molar-refractivity contribution in [3.8, 4) is 0 Å². The van der Waals surface area contributed by atoms with Gasteiger partial charge in [-0.2, -0.15) is 0 Å². The van der Waals surface area contributed by atoms with Gasteiger partial charge in [-0.1, -0.05) is 6.92 Å². The molecule has 0 saturated carbocycles. The zero-order chi connectivity index (χ0) is 10.7. The molecule has 0 radical (unpaired) electrons. The molecule has 0 saturated heterocycles. The predicted molar refractivity (Wildman–Crippen MR) is 63.4 cm³/mol. The molecule has 0 aliphatic carbocycles. The molecule has 0 amide bonds. The van der Waals surface area contributed by atoms with Gasteiger partial charge >= 0.3 is 0 Å². The molecule has 1 aliphatic heterocycles. The maximum atomic E-state index is 4.35. The van der Waals surface area contributed by atoms with Crippen LogP contribution in [0.2, 0.25) is 0 Å². The van der Waals surface area contributed by atoms with Gasteiger partial charge in [0.1, 0.15) is 0 Å². The van der Waals surface area contributed by atoms with Crippen LogP contribution in [0.3, 0.4) is 0 Å². The largest absolute Gasteiger partial charge is 0.356 e. The third kappa shape index (κ3) is 2.68. The number of thiazole rings is 1. The predicted octanol–water partition coefficient (Wildman–Crippen LogP) is 1.18. The lowest BCUT2D eigenvalue weighted by Gasteiger charge is -2.12. The lowest BCUT2D eigenvalue weighted by molar-refractivity contribution is 0.683. The monoisotopic (exact) mass is 224 g/mol. The highest BCUT2D eigenvalue weighted by molar-refractivity contribution is 7.09. The number of guanidine groups is 1. The molecule has 2 atom stereocenters. The van der Waals surface area contributed by atoms with Crippen molar-refractivity contribution < 1.29 is 0 Å². The SMILES string of the molecule is CC1CN=C(NCC(C)c2nccs2)N1. The Labute approximate surface area is 93.8 Å². The summed E-state index contributed by atoms with van der Waals surface area (Å²) >= 11 is 1.70. The third-order valence-electron chi connectivity index (χ3n) is 2.36. The number of aliphatic imine (C=N–C) groups is 1. The molecule has 1 aromatic heterocycles. The van der Waals surface area contributed by atoms with Gasteiger partial charge in [0, 0.05) is 30.1 Å². The van der Waals surface area contributed by atoms with Crippen LogP contribution in [0.5, 0.6) is 0 Å². The minimum absolute atomic E-state index is 0.436. The normalized spacial score (nSPS) is 22.0. The van der Waals surface area contributed by atoms with Gasteiger partial charge in [0.05, 0.1) is 11.6 Å². The van der Waals surface area contributed by atoms with Gasteiger partial charge in [0.15, 0.2) is 5.96 Å². The van der Waals surface area contributed by atoms with Crippen molar-refractivity contribution in [3.05, 3.63) is 16.6 Å². The molecule has 0 fully saturated rings. The van der Waals surface area contributed by atoms with Crippen LogP contribution < -0.4 is 10.6 Å². The summed E-state index contributed by atoms with van der Waals surface area (Å²) in [4.78, 5) is 8.64. The highest BCUT2D eigenvalue weighted by Crippen LogP contribution is 2.16. The van der Waals surface area contributed by atoms with Gasteiger partial charge in [0.25, 0.3) is 0 Å². The van der Waals surface area contributed by atoms with Crippen LogP contribution in [0.4, 0.5) is 0 Å². The Morgan fingerprint density at radius 2 is 2.60 bits per heavy atom. The van der Waals surface area contributed by atoms with Crippen LogP contribution in [-0.4, -0.2) is 30.1 Å². The zero-order valence-corrected chi connectivity index (χ0v) is 9.84. The highest BCUT2D eigenvalue weighted by Gasteiger charge is 2.14. The second-order valence-corrected chi connectivity index (χ2v) is 4.81. The van der Waals surface area contributed by atoms with Gasteiger partial charge in [-0.25, -0.2) is 4.98 Å². The van der Waals surface area contributed by atoms with Crippen molar-refractivity contribution in [1.29, 1.82) is 0 Å². The maximum absolute atomic E-state index is 4.35. The number of hydrogen-bond acceptors (Lipinski definition) is 5. The lowest BCUT2D eigenvalue weighted by Crippen LogP contribution is -2.39. The second-order valence-electron chi connectivity index (χ2n) is 3.89. The number of aromatic nitrogens is 1. The molecule has 0 spiro atoms. The van der Waals surface area contributed by atoms with Crippen molar-refractivity contribution in [3.63, 3.8) is 0 Å². The molecule has 82 valence electrons. The molecule has 0 aromatic carbocycles. The average Bonchev–Trinajstić information content (AvgIpc) is 2.84. The van der Waals surface area contributed by atoms with Crippen LogP contribution in [0.1, 0.15) is 24.8 Å². The van der Waals surface area contributed by atoms with E-state index in [9.17, 15) is 0 Å². The van der Waals surface area contributed by atoms with E-state index in [0.29, 0.717) is 12.0 Å². The van der Waals surface area contributed by atoms with E-state index in [1.165, 1.54) is 5.01 Å². The summed E-state index contributed by atoms with van der Waals surface area (Å²) in [6.07, 6.45) is 1.85. The fraction of sp³-hybridized carbons (Fsp3) is 0.600. The Hall–Kier alpha value is -1.10. The topological polar surface area (TPSA) is 49.3 Å². The van der Waals surface area contributed by atoms with Crippen molar-refractivity contribution in [2.24, 2.45) is 4.99 Å². The number of rotatable bonds is 3. The van der Waals surface area contributed by atoms with Crippen molar-refractivity contribution in [1.82, 2.24) is 15.6 Å². The Morgan fingerprint density at radius 1 is 1.73 bits per heavy atom. The third-order valence-corrected chi connectivity index (χ3v) is 3.36. The highest BCUT2D eigenvalue weighted by atomic mass is 32.1. The molecular formula is C10H16N4S. The minimum Gasteiger partial charge on any atom is -0.356 e. The van der Waals surface area contributed by atoms with E-state index in [-0.39, 0.29) is 0 Å². The standard InChI is InChI=1S/C10H16N4S/c1-7(9-11-3-4-15-9)5-12-10-13-6-8(2)14-10/h3-4,7-8H,5-6H2,1-2H3,(H2,12,13,14). The minimum atomic E-state index is 0.436. The van der Waals surface area contributed by atoms with E-state index in [1.807, 2.05) is 11.6 Å². The molecule has 15 heavy (non-hydrogen) atoms. The first kappa shape index (κ1) is 10.4. The molecule has 2 unspecified atom stereocenters. The first-order valence-corrected chi connectivity index (χ1v) is 6.08. The first-order chi connectivity index (χ1) is 7.25. The van der Waals surface area contributed by atoms with Gasteiger partial charge in [-0.15, -0.1) is 11.3 Å². The summed E-state index contributed by atoms with van der Waals surface area (Å²) in [5, 5.41) is 9.77. The summed E-state index contributed by atoms with van der Waals surface area (Å²) in [5.74, 6) is 1.36. The van der Waals surface area contributed by atoms with Gasteiger partial charge in [-0.3, -0.25) is 4.99 Å². The van der Waals surface area contributed by atoms with E-state index in [0.717, 1.165) is 19.0 Å². The summed E-state index contributed by atoms with van der Waals surface area (Å²) in [5.41, 5.74) is 0. The van der Waals surface area contributed by atoms with E-state index < -0.39 is 0 Å². The molecular weight excluding hydrogens is 208 g/mol.